The van der Waals surface area contributed by atoms with Crippen molar-refractivity contribution in [2.24, 2.45) is 5.10 Å². The fourth-order valence-corrected chi connectivity index (χ4v) is 2.76. The number of aromatic amines is 1. The van der Waals surface area contributed by atoms with Gasteiger partial charge >= 0.3 is 0 Å². The number of carbonyl (C=O) groups is 2. The van der Waals surface area contributed by atoms with Crippen molar-refractivity contribution in [1.82, 2.24) is 15.7 Å². The van der Waals surface area contributed by atoms with E-state index in [9.17, 15) is 9.59 Å². The van der Waals surface area contributed by atoms with E-state index in [4.69, 9.17) is 9.47 Å². The Labute approximate surface area is 172 Å². The first-order valence-electron chi connectivity index (χ1n) is 9.13. The minimum absolute atomic E-state index is 0.0337. The zero-order valence-corrected chi connectivity index (χ0v) is 15.8. The number of ether oxygens (including phenoxy) is 2. The molecule has 3 N–H and O–H groups in total. The zero-order chi connectivity index (χ0) is 20.8. The third-order valence-electron chi connectivity index (χ3n) is 4.23. The molecule has 150 valence electrons. The van der Waals surface area contributed by atoms with Crippen molar-refractivity contribution in [2.45, 2.75) is 0 Å². The lowest BCUT2D eigenvalue weighted by molar-refractivity contribution is -0.117. The Kier molecular flexibility index (Phi) is 5.56. The molecular formula is C22H18N4O4. The SMILES string of the molecule is O=C(N/N=C\c1ccc[nH]1)/C(=C\c1ccc2c(c1)OCO2)NC(=O)c1ccccc1. The highest BCUT2D eigenvalue weighted by atomic mass is 16.7. The number of H-pyrrole nitrogens is 1. The molecule has 0 radical (unpaired) electrons. The Hall–Kier alpha value is -4.33. The number of aromatic nitrogens is 1. The van der Waals surface area contributed by atoms with Crippen LogP contribution in [0.1, 0.15) is 21.6 Å². The van der Waals surface area contributed by atoms with E-state index < -0.39 is 11.8 Å². The third-order valence-corrected chi connectivity index (χ3v) is 4.23. The first-order chi connectivity index (χ1) is 14.7. The maximum absolute atomic E-state index is 12.7. The van der Waals surface area contributed by atoms with Crippen LogP contribution in [0.3, 0.4) is 0 Å². The van der Waals surface area contributed by atoms with Gasteiger partial charge in [0.15, 0.2) is 11.5 Å². The first-order valence-corrected chi connectivity index (χ1v) is 9.13. The molecule has 4 rings (SSSR count). The lowest BCUT2D eigenvalue weighted by Gasteiger charge is -2.09. The second-order valence-electron chi connectivity index (χ2n) is 6.32. The molecule has 8 heteroatoms. The molecule has 1 aromatic heterocycles. The monoisotopic (exact) mass is 402 g/mol. The predicted molar refractivity (Wildman–Crippen MR) is 111 cm³/mol. The number of rotatable bonds is 6. The van der Waals surface area contributed by atoms with Gasteiger partial charge in [-0.2, -0.15) is 5.10 Å². The van der Waals surface area contributed by atoms with Crippen molar-refractivity contribution in [3.05, 3.63) is 89.4 Å². The fraction of sp³-hybridized carbons (Fsp3) is 0.0455. The number of fused-ring (bicyclic) bond motifs is 1. The largest absolute Gasteiger partial charge is 0.454 e. The summed E-state index contributed by atoms with van der Waals surface area (Å²) >= 11 is 0. The molecule has 1 aliphatic rings. The van der Waals surface area contributed by atoms with Gasteiger partial charge in [0.25, 0.3) is 11.8 Å². The van der Waals surface area contributed by atoms with Crippen LogP contribution in [0.5, 0.6) is 11.5 Å². The maximum atomic E-state index is 12.7. The number of amides is 2. The Bertz CT molecular complexity index is 1110. The van der Waals surface area contributed by atoms with Gasteiger partial charge in [0.1, 0.15) is 5.70 Å². The summed E-state index contributed by atoms with van der Waals surface area (Å²) in [5.74, 6) is 0.218. The Morgan fingerprint density at radius 1 is 1.00 bits per heavy atom. The van der Waals surface area contributed by atoms with Crippen LogP contribution in [0.25, 0.3) is 6.08 Å². The number of hydrazone groups is 1. The first kappa shape index (κ1) is 19.0. The topological polar surface area (TPSA) is 105 Å². The molecule has 0 bridgehead atoms. The molecule has 0 atom stereocenters. The standard InChI is InChI=1S/C22H18N4O4/c27-21(16-5-2-1-3-6-16)25-18(22(28)26-24-13-17-7-4-10-23-17)11-15-8-9-19-20(12-15)30-14-29-19/h1-13,23H,14H2,(H,25,27)(H,26,28)/b18-11+,24-13-. The molecule has 3 aromatic rings. The Morgan fingerprint density at radius 2 is 1.83 bits per heavy atom. The van der Waals surface area contributed by atoms with Crippen LogP contribution in [0, 0.1) is 0 Å². The minimum Gasteiger partial charge on any atom is -0.454 e. The minimum atomic E-state index is -0.570. The summed E-state index contributed by atoms with van der Waals surface area (Å²) in [6, 6.07) is 17.5. The molecule has 0 saturated heterocycles. The molecule has 2 aromatic carbocycles. The van der Waals surface area contributed by atoms with Crippen LogP contribution in [0.15, 0.2) is 77.7 Å². The summed E-state index contributed by atoms with van der Waals surface area (Å²) in [6.07, 6.45) is 4.76. The lowest BCUT2D eigenvalue weighted by Crippen LogP contribution is -2.32. The van der Waals surface area contributed by atoms with Crippen LogP contribution in [-0.2, 0) is 4.79 Å². The van der Waals surface area contributed by atoms with Gasteiger partial charge < -0.3 is 19.8 Å². The van der Waals surface area contributed by atoms with Gasteiger partial charge in [-0.25, -0.2) is 5.43 Å². The van der Waals surface area contributed by atoms with Gasteiger partial charge in [-0.3, -0.25) is 9.59 Å². The number of nitrogens with zero attached hydrogens (tertiary/aromatic N) is 1. The predicted octanol–water partition coefficient (Wildman–Crippen LogP) is 2.66. The molecule has 0 fully saturated rings. The number of hydrogen-bond donors (Lipinski definition) is 3. The summed E-state index contributed by atoms with van der Waals surface area (Å²) in [5, 5.41) is 6.57. The smallest absolute Gasteiger partial charge is 0.287 e. The summed E-state index contributed by atoms with van der Waals surface area (Å²) in [6.45, 7) is 0.147. The van der Waals surface area contributed by atoms with Gasteiger partial charge in [0.2, 0.25) is 6.79 Å². The zero-order valence-electron chi connectivity index (χ0n) is 15.8. The molecule has 0 spiro atoms. The van der Waals surface area contributed by atoms with E-state index in [1.165, 1.54) is 6.21 Å². The van der Waals surface area contributed by atoms with Crippen LogP contribution in [0.4, 0.5) is 0 Å². The second-order valence-corrected chi connectivity index (χ2v) is 6.32. The maximum Gasteiger partial charge on any atom is 0.287 e. The highest BCUT2D eigenvalue weighted by molar-refractivity contribution is 6.05. The molecule has 8 nitrogen and oxygen atoms in total. The molecular weight excluding hydrogens is 384 g/mol. The van der Waals surface area contributed by atoms with E-state index in [0.717, 1.165) is 5.69 Å². The van der Waals surface area contributed by atoms with Crippen LogP contribution in [-0.4, -0.2) is 29.8 Å². The molecule has 2 heterocycles. The second kappa shape index (κ2) is 8.78. The normalized spacial score (nSPS) is 12.7. The van der Waals surface area contributed by atoms with Gasteiger partial charge in [-0.15, -0.1) is 0 Å². The van der Waals surface area contributed by atoms with Crippen molar-refractivity contribution >= 4 is 24.1 Å². The summed E-state index contributed by atoms with van der Waals surface area (Å²) in [5.41, 5.74) is 4.27. The molecule has 0 saturated carbocycles. The Morgan fingerprint density at radius 3 is 2.63 bits per heavy atom. The van der Waals surface area contributed by atoms with E-state index in [1.807, 2.05) is 12.1 Å². The van der Waals surface area contributed by atoms with Crippen LogP contribution < -0.4 is 20.2 Å². The highest BCUT2D eigenvalue weighted by Crippen LogP contribution is 2.33. The van der Waals surface area contributed by atoms with Crippen molar-refractivity contribution in [2.75, 3.05) is 6.79 Å². The number of benzene rings is 2. The van der Waals surface area contributed by atoms with Crippen molar-refractivity contribution < 1.29 is 19.1 Å². The van der Waals surface area contributed by atoms with Crippen LogP contribution in [0.2, 0.25) is 0 Å². The third kappa shape index (κ3) is 4.56. The van der Waals surface area contributed by atoms with Crippen molar-refractivity contribution in [3.8, 4) is 11.5 Å². The van der Waals surface area contributed by atoms with Gasteiger partial charge in [-0.05, 0) is 48.0 Å². The van der Waals surface area contributed by atoms with Crippen molar-refractivity contribution in [1.29, 1.82) is 0 Å². The molecule has 30 heavy (non-hydrogen) atoms. The average molecular weight is 402 g/mol. The Balaban J connectivity index is 1.56. The van der Waals surface area contributed by atoms with Crippen molar-refractivity contribution in [3.63, 3.8) is 0 Å². The van der Waals surface area contributed by atoms with Gasteiger partial charge in [0, 0.05) is 11.8 Å². The summed E-state index contributed by atoms with van der Waals surface area (Å²) < 4.78 is 10.7. The van der Waals surface area contributed by atoms with E-state index in [-0.39, 0.29) is 12.5 Å². The molecule has 0 unspecified atom stereocenters. The van der Waals surface area contributed by atoms with E-state index >= 15 is 0 Å². The van der Waals surface area contributed by atoms with Gasteiger partial charge in [-0.1, -0.05) is 24.3 Å². The fourth-order valence-electron chi connectivity index (χ4n) is 2.76. The summed E-state index contributed by atoms with van der Waals surface area (Å²) in [4.78, 5) is 28.2. The van der Waals surface area contributed by atoms with E-state index in [0.29, 0.717) is 22.6 Å². The summed E-state index contributed by atoms with van der Waals surface area (Å²) in [7, 11) is 0. The number of carbonyl (C=O) groups excluding carboxylic acids is 2. The molecule has 1 aliphatic heterocycles. The molecule has 2 amide bonds. The van der Waals surface area contributed by atoms with E-state index in [2.05, 4.69) is 20.8 Å². The number of hydrogen-bond acceptors (Lipinski definition) is 5. The highest BCUT2D eigenvalue weighted by Gasteiger charge is 2.16. The van der Waals surface area contributed by atoms with Crippen LogP contribution >= 0.6 is 0 Å². The number of nitrogens with one attached hydrogen (secondary N) is 3. The molecule has 0 aliphatic carbocycles. The average Bonchev–Trinajstić information content (AvgIpc) is 3.45. The quantitative estimate of drug-likeness (QED) is 0.335. The van der Waals surface area contributed by atoms with E-state index in [1.54, 1.807) is 60.8 Å². The lowest BCUT2D eigenvalue weighted by atomic mass is 10.1. The van der Waals surface area contributed by atoms with Gasteiger partial charge in [0.05, 0.1) is 11.9 Å².